The lowest BCUT2D eigenvalue weighted by molar-refractivity contribution is -0.902. The molecule has 5 rings (SSSR count). The van der Waals surface area contributed by atoms with E-state index in [0.29, 0.717) is 10.8 Å². The number of halogens is 1. The average Bonchev–Trinajstić information content (AvgIpc) is 2.99. The van der Waals surface area contributed by atoms with Gasteiger partial charge < -0.3 is 14.4 Å². The number of ether oxygens (including phenoxy) is 2. The van der Waals surface area contributed by atoms with E-state index >= 15 is 0 Å². The number of fused-ring (bicyclic) bond motifs is 1. The van der Waals surface area contributed by atoms with Crippen molar-refractivity contribution in [1.29, 1.82) is 0 Å². The van der Waals surface area contributed by atoms with Crippen LogP contribution in [-0.4, -0.2) is 32.8 Å². The molecule has 0 spiro atoms. The Labute approximate surface area is 200 Å². The summed E-state index contributed by atoms with van der Waals surface area (Å²) >= 11 is 7.23. The number of para-hydroxylation sites is 1. The number of allylic oxidation sites excluding steroid dienone is 2. The van der Waals surface area contributed by atoms with Crippen LogP contribution in [0, 0.1) is 6.92 Å². The van der Waals surface area contributed by atoms with Gasteiger partial charge in [-0.25, -0.2) is 0 Å². The van der Waals surface area contributed by atoms with Gasteiger partial charge in [0.1, 0.15) is 18.8 Å². The second kappa shape index (κ2) is 9.96. The van der Waals surface area contributed by atoms with Crippen LogP contribution in [0.15, 0.2) is 95.5 Å². The maximum absolute atomic E-state index is 7.23. The van der Waals surface area contributed by atoms with Gasteiger partial charge in [0.25, 0.3) is 0 Å². The van der Waals surface area contributed by atoms with E-state index in [9.17, 15) is 0 Å². The second-order valence-electron chi connectivity index (χ2n) is 8.72. The van der Waals surface area contributed by atoms with Crippen molar-refractivity contribution < 1.29 is 14.4 Å². The highest BCUT2D eigenvalue weighted by atomic mass is 35.5. The second-order valence-corrected chi connectivity index (χ2v) is 9.10. The highest BCUT2D eigenvalue weighted by Gasteiger charge is 2.31. The topological polar surface area (TPSA) is 22.9 Å². The lowest BCUT2D eigenvalue weighted by Gasteiger charge is -2.24. The molecule has 1 atom stereocenters. The van der Waals surface area contributed by atoms with Crippen molar-refractivity contribution in [3.8, 4) is 5.75 Å². The molecule has 168 valence electrons. The Kier molecular flexibility index (Phi) is 6.63. The van der Waals surface area contributed by atoms with Crippen molar-refractivity contribution >= 4 is 17.4 Å². The summed E-state index contributed by atoms with van der Waals surface area (Å²) in [6.45, 7) is 6.64. The molecule has 0 aliphatic carbocycles. The van der Waals surface area contributed by atoms with Crippen LogP contribution in [0.3, 0.4) is 0 Å². The van der Waals surface area contributed by atoms with Crippen LogP contribution in [0.1, 0.15) is 28.2 Å². The van der Waals surface area contributed by atoms with E-state index in [1.807, 2.05) is 12.1 Å². The quantitative estimate of drug-likeness (QED) is 0.596. The van der Waals surface area contributed by atoms with Gasteiger partial charge in [-0.1, -0.05) is 90.0 Å². The molecule has 0 aromatic heterocycles. The standard InChI is InChI=1S/C29H28ClNO2/c1-21-11-13-23(14-12-21)29-28(30)25(15-16-31-17-19-32-20-18-31)27(22-7-3-2-4-8-22)24-9-5-6-10-26(24)33-29/h2-15,27H,16-20H2,1H3/p+1. The predicted molar refractivity (Wildman–Crippen MR) is 134 cm³/mol. The van der Waals surface area contributed by atoms with E-state index in [2.05, 4.69) is 79.7 Å². The van der Waals surface area contributed by atoms with Crippen LogP contribution >= 0.6 is 11.6 Å². The fourth-order valence-corrected chi connectivity index (χ4v) is 4.95. The number of morpholine rings is 1. The van der Waals surface area contributed by atoms with Crippen molar-refractivity contribution in [2.45, 2.75) is 12.8 Å². The number of hydrogen-bond acceptors (Lipinski definition) is 2. The number of nitrogens with one attached hydrogen (secondary N) is 1. The minimum absolute atomic E-state index is 0.00158. The molecule has 1 unspecified atom stereocenters. The summed E-state index contributed by atoms with van der Waals surface area (Å²) in [6, 6.07) is 27.3. The average molecular weight is 459 g/mol. The molecule has 1 N–H and O–H groups in total. The van der Waals surface area contributed by atoms with Crippen LogP contribution in [0.2, 0.25) is 0 Å². The number of hydrogen-bond donors (Lipinski definition) is 1. The third kappa shape index (κ3) is 4.77. The van der Waals surface area contributed by atoms with Gasteiger partial charge in [0.05, 0.1) is 24.8 Å². The first kappa shape index (κ1) is 22.0. The van der Waals surface area contributed by atoms with E-state index in [1.165, 1.54) is 16.0 Å². The first-order chi connectivity index (χ1) is 16.2. The van der Waals surface area contributed by atoms with E-state index in [-0.39, 0.29) is 5.92 Å². The fraction of sp³-hybridized carbons (Fsp3) is 0.241. The Balaban J connectivity index is 1.68. The zero-order valence-corrected chi connectivity index (χ0v) is 19.6. The van der Waals surface area contributed by atoms with Gasteiger partial charge in [-0.3, -0.25) is 0 Å². The molecule has 2 heterocycles. The van der Waals surface area contributed by atoms with Crippen LogP contribution in [0.4, 0.5) is 0 Å². The van der Waals surface area contributed by atoms with E-state index in [1.54, 1.807) is 0 Å². The number of quaternary nitrogens is 1. The van der Waals surface area contributed by atoms with Crippen LogP contribution in [0.25, 0.3) is 5.76 Å². The van der Waals surface area contributed by atoms with E-state index in [0.717, 1.165) is 55.3 Å². The zero-order chi connectivity index (χ0) is 22.6. The Bertz CT molecular complexity index is 1160. The summed E-state index contributed by atoms with van der Waals surface area (Å²) in [7, 11) is 0. The maximum Gasteiger partial charge on any atom is 0.153 e. The number of rotatable bonds is 4. The summed E-state index contributed by atoms with van der Waals surface area (Å²) in [5, 5.41) is 0.677. The number of aryl methyl sites for hydroxylation is 1. The van der Waals surface area contributed by atoms with E-state index < -0.39 is 0 Å². The molecule has 0 radical (unpaired) electrons. The highest BCUT2D eigenvalue weighted by Crippen LogP contribution is 2.47. The summed E-state index contributed by atoms with van der Waals surface area (Å²) in [5.74, 6) is 1.56. The largest absolute Gasteiger partial charge is 0.455 e. The molecule has 3 nitrogen and oxygen atoms in total. The molecule has 0 bridgehead atoms. The third-order valence-corrected chi connectivity index (χ3v) is 6.85. The van der Waals surface area contributed by atoms with Gasteiger partial charge in [-0.15, -0.1) is 0 Å². The van der Waals surface area contributed by atoms with Crippen molar-refractivity contribution in [2.24, 2.45) is 0 Å². The minimum Gasteiger partial charge on any atom is -0.455 e. The Morgan fingerprint density at radius 2 is 1.61 bits per heavy atom. The van der Waals surface area contributed by atoms with Crippen molar-refractivity contribution in [1.82, 2.24) is 0 Å². The van der Waals surface area contributed by atoms with Gasteiger partial charge >= 0.3 is 0 Å². The van der Waals surface area contributed by atoms with Gasteiger partial charge in [-0.05, 0) is 30.2 Å². The normalized spacial score (nSPS) is 20.3. The van der Waals surface area contributed by atoms with Gasteiger partial charge in [0, 0.05) is 17.0 Å². The van der Waals surface area contributed by atoms with Gasteiger partial charge in [0.15, 0.2) is 5.76 Å². The molecule has 0 saturated carbocycles. The Morgan fingerprint density at radius 3 is 2.36 bits per heavy atom. The number of benzene rings is 3. The predicted octanol–water partition coefficient (Wildman–Crippen LogP) is 4.97. The fourth-order valence-electron chi connectivity index (χ4n) is 4.61. The molecular weight excluding hydrogens is 430 g/mol. The molecule has 3 aromatic carbocycles. The molecule has 1 saturated heterocycles. The van der Waals surface area contributed by atoms with Crippen molar-refractivity contribution in [3.05, 3.63) is 118 Å². The SMILES string of the molecule is Cc1ccc(C2=C(Cl)C(=CC[NH+]3CCOCC3)C(c3ccccc3)c3ccccc3O2)cc1. The van der Waals surface area contributed by atoms with Crippen molar-refractivity contribution in [3.63, 3.8) is 0 Å². The molecule has 0 amide bonds. The minimum atomic E-state index is -0.00158. The van der Waals surface area contributed by atoms with E-state index in [4.69, 9.17) is 21.1 Å². The van der Waals surface area contributed by atoms with Crippen LogP contribution < -0.4 is 9.64 Å². The molecule has 3 aromatic rings. The first-order valence-electron chi connectivity index (χ1n) is 11.6. The molecule has 2 aliphatic rings. The van der Waals surface area contributed by atoms with Gasteiger partial charge in [0.2, 0.25) is 0 Å². The summed E-state index contributed by atoms with van der Waals surface area (Å²) in [6.07, 6.45) is 2.32. The summed E-state index contributed by atoms with van der Waals surface area (Å²) < 4.78 is 12.1. The summed E-state index contributed by atoms with van der Waals surface area (Å²) in [5.41, 5.74) is 5.63. The molecule has 4 heteroatoms. The molecule has 2 aliphatic heterocycles. The molecule has 1 fully saturated rings. The highest BCUT2D eigenvalue weighted by molar-refractivity contribution is 6.35. The summed E-state index contributed by atoms with van der Waals surface area (Å²) in [4.78, 5) is 1.51. The van der Waals surface area contributed by atoms with Crippen molar-refractivity contribution in [2.75, 3.05) is 32.8 Å². The lowest BCUT2D eigenvalue weighted by Crippen LogP contribution is -3.13. The first-order valence-corrected chi connectivity index (χ1v) is 12.0. The zero-order valence-electron chi connectivity index (χ0n) is 18.9. The monoisotopic (exact) mass is 458 g/mol. The smallest absolute Gasteiger partial charge is 0.153 e. The lowest BCUT2D eigenvalue weighted by atomic mass is 9.84. The Morgan fingerprint density at radius 1 is 0.909 bits per heavy atom. The molecular formula is C29H29ClNO2+. The van der Waals surface area contributed by atoms with Crippen LogP contribution in [-0.2, 0) is 4.74 Å². The van der Waals surface area contributed by atoms with Gasteiger partial charge in [-0.2, -0.15) is 0 Å². The maximum atomic E-state index is 7.23. The Hall–Kier alpha value is -2.85. The molecule has 33 heavy (non-hydrogen) atoms. The third-order valence-electron chi connectivity index (χ3n) is 6.46. The van der Waals surface area contributed by atoms with Crippen LogP contribution in [0.5, 0.6) is 5.75 Å².